The topological polar surface area (TPSA) is 49.5 Å². The molecule has 1 saturated carbocycles. The Balaban J connectivity index is 1.76. The highest BCUT2D eigenvalue weighted by Gasteiger charge is 2.40. The number of rotatable bonds is 2. The SMILES string of the molecule is CC(c1ccc(F)cc1O)N1CC2CCCC(N)C2C1. The maximum Gasteiger partial charge on any atom is 0.126 e. The molecule has 110 valence electrons. The van der Waals surface area contributed by atoms with Crippen LogP contribution in [0.4, 0.5) is 4.39 Å². The van der Waals surface area contributed by atoms with Gasteiger partial charge in [0, 0.05) is 36.8 Å². The third kappa shape index (κ3) is 2.42. The van der Waals surface area contributed by atoms with Crippen LogP contribution in [0.1, 0.15) is 37.8 Å². The van der Waals surface area contributed by atoms with Crippen LogP contribution in [-0.4, -0.2) is 29.1 Å². The van der Waals surface area contributed by atoms with E-state index in [2.05, 4.69) is 11.8 Å². The van der Waals surface area contributed by atoms with Crippen molar-refractivity contribution in [3.05, 3.63) is 29.6 Å². The van der Waals surface area contributed by atoms with Crippen LogP contribution in [0.25, 0.3) is 0 Å². The average molecular weight is 278 g/mol. The number of halogens is 1. The number of hydrogen-bond donors (Lipinski definition) is 2. The van der Waals surface area contributed by atoms with E-state index in [0.29, 0.717) is 17.9 Å². The summed E-state index contributed by atoms with van der Waals surface area (Å²) in [5, 5.41) is 9.94. The fourth-order valence-corrected chi connectivity index (χ4v) is 3.93. The predicted octanol–water partition coefficient (Wildman–Crippen LogP) is 2.65. The molecule has 1 aromatic rings. The molecule has 2 fully saturated rings. The summed E-state index contributed by atoms with van der Waals surface area (Å²) in [7, 11) is 0. The second-order valence-corrected chi connectivity index (χ2v) is 6.35. The lowest BCUT2D eigenvalue weighted by molar-refractivity contribution is 0.241. The van der Waals surface area contributed by atoms with Crippen LogP contribution in [0.2, 0.25) is 0 Å². The van der Waals surface area contributed by atoms with E-state index in [1.165, 1.54) is 25.0 Å². The van der Waals surface area contributed by atoms with Crippen molar-refractivity contribution in [2.45, 2.75) is 38.3 Å². The summed E-state index contributed by atoms with van der Waals surface area (Å²) >= 11 is 0. The molecule has 0 bridgehead atoms. The minimum atomic E-state index is -0.393. The van der Waals surface area contributed by atoms with E-state index in [0.717, 1.165) is 25.1 Å². The molecule has 0 aromatic heterocycles. The molecule has 3 nitrogen and oxygen atoms in total. The molecular formula is C16H23FN2O. The Morgan fingerprint density at radius 3 is 2.85 bits per heavy atom. The Hall–Kier alpha value is -1.13. The highest BCUT2D eigenvalue weighted by Crippen LogP contribution is 2.40. The van der Waals surface area contributed by atoms with Gasteiger partial charge in [-0.25, -0.2) is 4.39 Å². The molecule has 1 aliphatic carbocycles. The lowest BCUT2D eigenvalue weighted by Crippen LogP contribution is -2.38. The number of phenolic OH excluding ortho intramolecular Hbond substituents is 1. The first kappa shape index (κ1) is 13.8. The molecule has 3 rings (SSSR count). The number of nitrogens with two attached hydrogens (primary N) is 1. The van der Waals surface area contributed by atoms with Crippen molar-refractivity contribution in [1.29, 1.82) is 0 Å². The molecule has 0 spiro atoms. The summed E-state index contributed by atoms with van der Waals surface area (Å²) < 4.78 is 13.1. The summed E-state index contributed by atoms with van der Waals surface area (Å²) in [6, 6.07) is 4.72. The molecule has 3 N–H and O–H groups in total. The van der Waals surface area contributed by atoms with E-state index < -0.39 is 5.82 Å². The Labute approximate surface area is 119 Å². The number of aromatic hydroxyl groups is 1. The van der Waals surface area contributed by atoms with Crippen LogP contribution in [0, 0.1) is 17.7 Å². The Morgan fingerprint density at radius 1 is 1.35 bits per heavy atom. The quantitative estimate of drug-likeness (QED) is 0.874. The third-order valence-electron chi connectivity index (χ3n) is 5.17. The van der Waals surface area contributed by atoms with Gasteiger partial charge in [-0.15, -0.1) is 0 Å². The van der Waals surface area contributed by atoms with Gasteiger partial charge >= 0.3 is 0 Å². The molecule has 4 heteroatoms. The first-order valence-electron chi connectivity index (χ1n) is 7.54. The van der Waals surface area contributed by atoms with Gasteiger partial charge in [0.1, 0.15) is 11.6 Å². The van der Waals surface area contributed by atoms with E-state index in [9.17, 15) is 9.50 Å². The highest BCUT2D eigenvalue weighted by atomic mass is 19.1. The van der Waals surface area contributed by atoms with Crippen molar-refractivity contribution >= 4 is 0 Å². The zero-order chi connectivity index (χ0) is 14.3. The Bertz CT molecular complexity index is 493. The van der Waals surface area contributed by atoms with E-state index >= 15 is 0 Å². The van der Waals surface area contributed by atoms with Crippen molar-refractivity contribution in [1.82, 2.24) is 4.90 Å². The number of hydrogen-bond acceptors (Lipinski definition) is 3. The summed E-state index contributed by atoms with van der Waals surface area (Å²) in [5.74, 6) is 0.921. The molecular weight excluding hydrogens is 255 g/mol. The van der Waals surface area contributed by atoms with Crippen LogP contribution in [-0.2, 0) is 0 Å². The fourth-order valence-electron chi connectivity index (χ4n) is 3.93. The molecule has 0 amide bonds. The summed E-state index contributed by atoms with van der Waals surface area (Å²) in [5.41, 5.74) is 7.05. The predicted molar refractivity (Wildman–Crippen MR) is 76.9 cm³/mol. The lowest BCUT2D eigenvalue weighted by Gasteiger charge is -2.30. The van der Waals surface area contributed by atoms with E-state index in [-0.39, 0.29) is 11.8 Å². The van der Waals surface area contributed by atoms with Crippen molar-refractivity contribution < 1.29 is 9.50 Å². The first-order chi connectivity index (χ1) is 9.56. The largest absolute Gasteiger partial charge is 0.508 e. The molecule has 2 aliphatic rings. The first-order valence-corrected chi connectivity index (χ1v) is 7.54. The number of fused-ring (bicyclic) bond motifs is 1. The van der Waals surface area contributed by atoms with Gasteiger partial charge in [-0.05, 0) is 37.7 Å². The Kier molecular flexibility index (Phi) is 3.69. The van der Waals surface area contributed by atoms with E-state index in [1.807, 2.05) is 0 Å². The van der Waals surface area contributed by atoms with Gasteiger partial charge in [0.2, 0.25) is 0 Å². The van der Waals surface area contributed by atoms with Crippen molar-refractivity contribution in [3.8, 4) is 5.75 Å². The number of benzene rings is 1. The van der Waals surface area contributed by atoms with Gasteiger partial charge in [-0.2, -0.15) is 0 Å². The van der Waals surface area contributed by atoms with Crippen molar-refractivity contribution in [2.75, 3.05) is 13.1 Å². The normalized spacial score (nSPS) is 32.0. The van der Waals surface area contributed by atoms with Gasteiger partial charge in [0.25, 0.3) is 0 Å². The van der Waals surface area contributed by atoms with E-state index in [4.69, 9.17) is 5.73 Å². The molecule has 4 unspecified atom stereocenters. The third-order valence-corrected chi connectivity index (χ3v) is 5.17. The zero-order valence-corrected chi connectivity index (χ0v) is 11.9. The number of nitrogens with zero attached hydrogens (tertiary/aromatic N) is 1. The maximum atomic E-state index is 13.1. The van der Waals surface area contributed by atoms with Crippen LogP contribution in [0.3, 0.4) is 0 Å². The molecule has 20 heavy (non-hydrogen) atoms. The molecule has 4 atom stereocenters. The molecule has 1 heterocycles. The van der Waals surface area contributed by atoms with Crippen LogP contribution < -0.4 is 5.73 Å². The second kappa shape index (κ2) is 5.34. The summed E-state index contributed by atoms with van der Waals surface area (Å²) in [6.07, 6.45) is 3.62. The van der Waals surface area contributed by atoms with Gasteiger partial charge in [0.15, 0.2) is 0 Å². The van der Waals surface area contributed by atoms with Gasteiger partial charge in [-0.3, -0.25) is 4.90 Å². The van der Waals surface area contributed by atoms with Crippen molar-refractivity contribution in [2.24, 2.45) is 17.6 Å². The monoisotopic (exact) mass is 278 g/mol. The smallest absolute Gasteiger partial charge is 0.126 e. The lowest BCUT2D eigenvalue weighted by atomic mass is 9.78. The maximum absolute atomic E-state index is 13.1. The second-order valence-electron chi connectivity index (χ2n) is 6.35. The minimum Gasteiger partial charge on any atom is -0.508 e. The van der Waals surface area contributed by atoms with Gasteiger partial charge in [0.05, 0.1) is 0 Å². The number of likely N-dealkylation sites (tertiary alicyclic amines) is 1. The molecule has 0 radical (unpaired) electrons. The van der Waals surface area contributed by atoms with Crippen LogP contribution in [0.15, 0.2) is 18.2 Å². The van der Waals surface area contributed by atoms with Crippen LogP contribution >= 0.6 is 0 Å². The highest BCUT2D eigenvalue weighted by molar-refractivity contribution is 5.35. The molecule has 1 aliphatic heterocycles. The van der Waals surface area contributed by atoms with Gasteiger partial charge < -0.3 is 10.8 Å². The fraction of sp³-hybridized carbons (Fsp3) is 0.625. The van der Waals surface area contributed by atoms with Crippen LogP contribution in [0.5, 0.6) is 5.75 Å². The Morgan fingerprint density at radius 2 is 2.15 bits per heavy atom. The summed E-state index contributed by atoms with van der Waals surface area (Å²) in [6.45, 7) is 4.11. The average Bonchev–Trinajstić information content (AvgIpc) is 2.83. The molecule has 1 saturated heterocycles. The zero-order valence-electron chi connectivity index (χ0n) is 11.9. The number of phenols is 1. The molecule has 1 aromatic carbocycles. The van der Waals surface area contributed by atoms with Gasteiger partial charge in [-0.1, -0.05) is 12.5 Å². The van der Waals surface area contributed by atoms with Crippen molar-refractivity contribution in [3.63, 3.8) is 0 Å². The summed E-state index contributed by atoms with van der Waals surface area (Å²) in [4.78, 5) is 2.38. The van der Waals surface area contributed by atoms with E-state index in [1.54, 1.807) is 6.07 Å². The standard InChI is InChI=1S/C16H23FN2O/c1-10(13-6-5-12(17)7-16(13)20)19-8-11-3-2-4-15(18)14(11)9-19/h5-7,10-11,14-15,20H,2-4,8-9,18H2,1H3. The minimum absolute atomic E-state index is 0.0525.